The average molecular weight is 612 g/mol. The first-order chi connectivity index (χ1) is 20.4. The van der Waals surface area contributed by atoms with E-state index < -0.39 is 52.0 Å². The van der Waals surface area contributed by atoms with Crippen molar-refractivity contribution in [1.29, 1.82) is 0 Å². The van der Waals surface area contributed by atoms with Crippen molar-refractivity contribution in [3.63, 3.8) is 0 Å². The summed E-state index contributed by atoms with van der Waals surface area (Å²) in [5, 5.41) is 6.34. The molecule has 4 N–H and O–H groups in total. The molecular formula is C28H34F5N7O3. The van der Waals surface area contributed by atoms with E-state index in [0.29, 0.717) is 58.1 Å². The van der Waals surface area contributed by atoms with Crippen LogP contribution in [0.4, 0.5) is 33.5 Å². The largest absolute Gasteiger partial charge is 0.474 e. The number of aldehydes is 1. The minimum absolute atomic E-state index is 0.0219. The van der Waals surface area contributed by atoms with Crippen LogP contribution in [0.3, 0.4) is 0 Å². The van der Waals surface area contributed by atoms with Gasteiger partial charge in [-0.05, 0) is 58.5 Å². The Bertz CT molecular complexity index is 1470. The molecule has 0 spiro atoms. The lowest BCUT2D eigenvalue weighted by Gasteiger charge is -2.21. The number of pyridine rings is 1. The summed E-state index contributed by atoms with van der Waals surface area (Å²) in [5.74, 6) is -2.54. The van der Waals surface area contributed by atoms with Crippen LogP contribution in [0.1, 0.15) is 37.3 Å². The minimum atomic E-state index is -5.06. The van der Waals surface area contributed by atoms with Crippen molar-refractivity contribution in [2.75, 3.05) is 57.4 Å². The average Bonchev–Trinajstić information content (AvgIpc) is 2.97. The van der Waals surface area contributed by atoms with Gasteiger partial charge >= 0.3 is 12.2 Å². The molecule has 1 unspecified atom stereocenters. The molecule has 234 valence electrons. The fourth-order valence-corrected chi connectivity index (χ4v) is 4.75. The number of nitrogen functional groups attached to an aromatic ring is 1. The number of alkyl halides is 3. The van der Waals surface area contributed by atoms with Crippen molar-refractivity contribution in [2.45, 2.75) is 45.4 Å². The number of hydrogen-bond acceptors (Lipinski definition) is 10. The zero-order valence-electron chi connectivity index (χ0n) is 24.1. The van der Waals surface area contributed by atoms with Gasteiger partial charge in [0, 0.05) is 31.6 Å². The van der Waals surface area contributed by atoms with Crippen LogP contribution in [0.2, 0.25) is 0 Å². The number of ether oxygens (including phenoxy) is 2. The van der Waals surface area contributed by atoms with Crippen LogP contribution in [0.25, 0.3) is 22.2 Å². The first kappa shape index (κ1) is 32.1. The number of aromatic nitrogens is 3. The second kappa shape index (κ2) is 13.6. The number of carbonyl (C=O) groups excluding carboxylic acids is 1. The van der Waals surface area contributed by atoms with Crippen LogP contribution < -0.4 is 25.8 Å². The number of likely N-dealkylation sites (N-methyl/N-ethyl adjacent to an activating group) is 1. The number of nitrogens with zero attached hydrogens (tertiary/aromatic N) is 4. The van der Waals surface area contributed by atoms with E-state index in [-0.39, 0.29) is 35.2 Å². The standard InChI is InChI=1S/C28H34F5N7O3/c1-15-6-7-35-8-9-36-25-19-24(38-27(39-25)42-13-11-40(3)10-4-5-12-41)22(30)23(37-26(19)43-15)17-14-18(34)21(29)16(2)20(17)28(31,32)33/h12,14-15,35H,4-11,13,34H2,1-3H3,(H,36,38,39). The Morgan fingerprint density at radius 3 is 2.65 bits per heavy atom. The molecule has 3 heterocycles. The zero-order chi connectivity index (χ0) is 31.3. The van der Waals surface area contributed by atoms with Gasteiger partial charge in [0.15, 0.2) is 5.82 Å². The third kappa shape index (κ3) is 7.39. The fraction of sp³-hybridized carbons (Fsp3) is 0.500. The number of halogens is 5. The van der Waals surface area contributed by atoms with Gasteiger partial charge in [0.2, 0.25) is 5.88 Å². The molecule has 0 aliphatic carbocycles. The first-order valence-corrected chi connectivity index (χ1v) is 13.9. The molecule has 1 aromatic carbocycles. The van der Waals surface area contributed by atoms with E-state index in [2.05, 4.69) is 25.6 Å². The molecule has 3 aromatic rings. The van der Waals surface area contributed by atoms with Gasteiger partial charge in [-0.15, -0.1) is 0 Å². The first-order valence-electron chi connectivity index (χ1n) is 13.9. The lowest BCUT2D eigenvalue weighted by atomic mass is 9.96. The Labute approximate surface area is 245 Å². The summed E-state index contributed by atoms with van der Waals surface area (Å²) in [6, 6.07) is 0.492. The topological polar surface area (TPSA) is 128 Å². The van der Waals surface area contributed by atoms with E-state index in [4.69, 9.17) is 15.2 Å². The van der Waals surface area contributed by atoms with Crippen molar-refractivity contribution < 1.29 is 36.2 Å². The van der Waals surface area contributed by atoms with Crippen molar-refractivity contribution in [3.05, 3.63) is 28.8 Å². The van der Waals surface area contributed by atoms with Crippen LogP contribution in [0.15, 0.2) is 6.07 Å². The Morgan fingerprint density at radius 2 is 1.93 bits per heavy atom. The van der Waals surface area contributed by atoms with Crippen LogP contribution in [0, 0.1) is 18.6 Å². The van der Waals surface area contributed by atoms with E-state index >= 15 is 4.39 Å². The van der Waals surface area contributed by atoms with Gasteiger partial charge in [0.05, 0.1) is 17.4 Å². The molecule has 15 heteroatoms. The predicted octanol–water partition coefficient (Wildman–Crippen LogP) is 4.34. The minimum Gasteiger partial charge on any atom is -0.474 e. The fourth-order valence-electron chi connectivity index (χ4n) is 4.75. The molecule has 1 atom stereocenters. The zero-order valence-corrected chi connectivity index (χ0v) is 24.1. The van der Waals surface area contributed by atoms with Gasteiger partial charge in [0.25, 0.3) is 0 Å². The Morgan fingerprint density at radius 1 is 1.16 bits per heavy atom. The third-order valence-electron chi connectivity index (χ3n) is 7.00. The lowest BCUT2D eigenvalue weighted by Crippen LogP contribution is -2.26. The second-order valence-corrected chi connectivity index (χ2v) is 10.3. The Hall–Kier alpha value is -3.85. The number of unbranched alkanes of at least 4 members (excludes halogenated alkanes) is 1. The van der Waals surface area contributed by atoms with Gasteiger partial charge in [-0.2, -0.15) is 23.1 Å². The van der Waals surface area contributed by atoms with Gasteiger partial charge in [0.1, 0.15) is 41.1 Å². The number of benzene rings is 1. The van der Waals surface area contributed by atoms with Crippen molar-refractivity contribution in [2.24, 2.45) is 0 Å². The summed E-state index contributed by atoms with van der Waals surface area (Å²) >= 11 is 0. The SMILES string of the molecule is Cc1c(F)c(N)cc(-c2nc3c4c(nc(OCCN(C)CCCC=O)nc4c2F)NCCNCCC(C)O3)c1C(F)(F)F. The molecule has 0 radical (unpaired) electrons. The van der Waals surface area contributed by atoms with E-state index in [1.807, 2.05) is 11.9 Å². The maximum absolute atomic E-state index is 16.4. The normalized spacial score (nSPS) is 16.0. The smallest absolute Gasteiger partial charge is 0.417 e. The van der Waals surface area contributed by atoms with Gasteiger partial charge in [-0.1, -0.05) is 0 Å². The maximum atomic E-state index is 16.4. The summed E-state index contributed by atoms with van der Waals surface area (Å²) in [4.78, 5) is 25.3. The second-order valence-electron chi connectivity index (χ2n) is 10.3. The summed E-state index contributed by atoms with van der Waals surface area (Å²) in [7, 11) is 1.84. The lowest BCUT2D eigenvalue weighted by molar-refractivity contribution is -0.137. The van der Waals surface area contributed by atoms with Gasteiger partial charge in [-0.3, -0.25) is 0 Å². The van der Waals surface area contributed by atoms with Crippen molar-refractivity contribution in [1.82, 2.24) is 25.2 Å². The van der Waals surface area contributed by atoms with E-state index in [1.165, 1.54) is 0 Å². The monoisotopic (exact) mass is 611 g/mol. The van der Waals surface area contributed by atoms with E-state index in [0.717, 1.165) is 13.2 Å². The summed E-state index contributed by atoms with van der Waals surface area (Å²) < 4.78 is 85.3. The molecular weight excluding hydrogens is 577 g/mol. The number of anilines is 2. The van der Waals surface area contributed by atoms with E-state index in [9.17, 15) is 22.4 Å². The summed E-state index contributed by atoms with van der Waals surface area (Å²) in [5.41, 5.74) is 1.01. The van der Waals surface area contributed by atoms with Crippen molar-refractivity contribution in [3.8, 4) is 23.1 Å². The number of nitrogens with two attached hydrogens (primary N) is 1. The molecule has 1 aliphatic rings. The number of nitrogens with one attached hydrogen (secondary N) is 2. The third-order valence-corrected chi connectivity index (χ3v) is 7.00. The van der Waals surface area contributed by atoms with Crippen LogP contribution in [-0.4, -0.2) is 78.6 Å². The molecule has 0 amide bonds. The Kier molecular flexibility index (Phi) is 10.2. The number of carbonyl (C=O) groups is 1. The highest BCUT2D eigenvalue weighted by Crippen LogP contribution is 2.44. The maximum Gasteiger partial charge on any atom is 0.417 e. The quantitative estimate of drug-likeness (QED) is 0.139. The molecule has 1 aliphatic heterocycles. The number of hydrogen-bond donors (Lipinski definition) is 3. The predicted molar refractivity (Wildman–Crippen MR) is 151 cm³/mol. The highest BCUT2D eigenvalue weighted by molar-refractivity contribution is 5.96. The van der Waals surface area contributed by atoms with Crippen LogP contribution in [-0.2, 0) is 11.0 Å². The summed E-state index contributed by atoms with van der Waals surface area (Å²) in [6.45, 7) is 5.33. The summed E-state index contributed by atoms with van der Waals surface area (Å²) in [6.07, 6.45) is -3.07. The molecule has 0 fully saturated rings. The number of rotatable bonds is 9. The molecule has 0 saturated carbocycles. The van der Waals surface area contributed by atoms with Crippen molar-refractivity contribution >= 4 is 28.7 Å². The Balaban J connectivity index is 1.89. The van der Waals surface area contributed by atoms with Gasteiger partial charge < -0.3 is 35.5 Å². The highest BCUT2D eigenvalue weighted by atomic mass is 19.4. The highest BCUT2D eigenvalue weighted by Gasteiger charge is 2.39. The molecule has 10 nitrogen and oxygen atoms in total. The van der Waals surface area contributed by atoms with Gasteiger partial charge in [-0.25, -0.2) is 13.8 Å². The molecule has 2 aromatic heterocycles. The molecule has 43 heavy (non-hydrogen) atoms. The van der Waals surface area contributed by atoms with E-state index in [1.54, 1.807) is 6.92 Å². The van der Waals surface area contributed by atoms with Crippen LogP contribution in [0.5, 0.6) is 11.9 Å². The molecule has 4 rings (SSSR count). The molecule has 0 bridgehead atoms. The molecule has 0 saturated heterocycles. The van der Waals surface area contributed by atoms with Crippen LogP contribution >= 0.6 is 0 Å².